The maximum absolute atomic E-state index is 12.4. The number of amides is 1. The number of hydrogen-bond donors (Lipinski definition) is 5. The third-order valence-corrected chi connectivity index (χ3v) is 5.36. The van der Waals surface area contributed by atoms with E-state index >= 15 is 0 Å². The van der Waals surface area contributed by atoms with Crippen molar-refractivity contribution in [3.63, 3.8) is 0 Å². The van der Waals surface area contributed by atoms with Gasteiger partial charge in [0.1, 0.15) is 6.10 Å². The molecule has 1 aliphatic carbocycles. The highest BCUT2D eigenvalue weighted by molar-refractivity contribution is 5.76. The van der Waals surface area contributed by atoms with Crippen LogP contribution in [0.25, 0.3) is 0 Å². The standard InChI is InChI=1S/C19H34N4O3/c1-12(2)17(25)18(26)15(10-13-6-4-3-5-7-13)23-16(24)9-8-14-11-21-19(20)22-14/h11-13,15,17-18,25-26H,3-10H2,1-2H3,(H,23,24)(H3,20,21,22)/t15-,17-,18+/m0/s1. The Balaban J connectivity index is 1.93. The summed E-state index contributed by atoms with van der Waals surface area (Å²) in [6.07, 6.45) is 7.28. The minimum Gasteiger partial charge on any atom is -0.390 e. The second-order valence-corrected chi connectivity index (χ2v) is 7.92. The van der Waals surface area contributed by atoms with Gasteiger partial charge in [-0.3, -0.25) is 4.79 Å². The summed E-state index contributed by atoms with van der Waals surface area (Å²) in [6, 6.07) is -0.424. The number of carbonyl (C=O) groups excluding carboxylic acids is 1. The summed E-state index contributed by atoms with van der Waals surface area (Å²) in [5.41, 5.74) is 6.28. The molecule has 7 nitrogen and oxygen atoms in total. The molecular weight excluding hydrogens is 332 g/mol. The molecule has 7 heteroatoms. The van der Waals surface area contributed by atoms with E-state index in [0.717, 1.165) is 18.5 Å². The molecule has 1 saturated carbocycles. The Kier molecular flexibility index (Phi) is 7.90. The molecule has 1 fully saturated rings. The number of nitrogen functional groups attached to an aromatic ring is 1. The largest absolute Gasteiger partial charge is 0.390 e. The Labute approximate surface area is 155 Å². The average molecular weight is 367 g/mol. The molecule has 0 saturated heterocycles. The van der Waals surface area contributed by atoms with Crippen LogP contribution >= 0.6 is 0 Å². The fourth-order valence-corrected chi connectivity index (χ4v) is 3.72. The number of aromatic nitrogens is 2. The Morgan fingerprint density at radius 3 is 2.58 bits per heavy atom. The molecule has 0 radical (unpaired) electrons. The number of aliphatic hydroxyl groups excluding tert-OH is 2. The maximum Gasteiger partial charge on any atom is 0.220 e. The summed E-state index contributed by atoms with van der Waals surface area (Å²) in [5, 5.41) is 23.9. The van der Waals surface area contributed by atoms with E-state index in [1.54, 1.807) is 6.20 Å². The number of nitrogens with zero attached hydrogens (tertiary/aromatic N) is 1. The van der Waals surface area contributed by atoms with Gasteiger partial charge < -0.3 is 26.2 Å². The van der Waals surface area contributed by atoms with Gasteiger partial charge >= 0.3 is 0 Å². The molecule has 148 valence electrons. The molecule has 1 aromatic heterocycles. The molecule has 1 aliphatic rings. The van der Waals surface area contributed by atoms with Crippen LogP contribution < -0.4 is 11.1 Å². The molecule has 1 heterocycles. The summed E-state index contributed by atoms with van der Waals surface area (Å²) < 4.78 is 0. The number of rotatable bonds is 9. The number of imidazole rings is 1. The van der Waals surface area contributed by atoms with Crippen LogP contribution in [-0.4, -0.2) is 44.3 Å². The molecule has 6 N–H and O–H groups in total. The number of nitrogens with one attached hydrogen (secondary N) is 2. The lowest BCUT2D eigenvalue weighted by Crippen LogP contribution is -2.51. The smallest absolute Gasteiger partial charge is 0.220 e. The van der Waals surface area contributed by atoms with Crippen molar-refractivity contribution in [2.45, 2.75) is 83.5 Å². The van der Waals surface area contributed by atoms with E-state index in [9.17, 15) is 15.0 Å². The van der Waals surface area contributed by atoms with Crippen molar-refractivity contribution in [1.29, 1.82) is 0 Å². The van der Waals surface area contributed by atoms with Crippen molar-refractivity contribution in [2.75, 3.05) is 5.73 Å². The number of carbonyl (C=O) groups is 1. The van der Waals surface area contributed by atoms with Crippen LogP contribution in [0.2, 0.25) is 0 Å². The van der Waals surface area contributed by atoms with E-state index < -0.39 is 18.2 Å². The number of H-pyrrole nitrogens is 1. The zero-order valence-corrected chi connectivity index (χ0v) is 15.9. The van der Waals surface area contributed by atoms with Crippen LogP contribution in [-0.2, 0) is 11.2 Å². The number of aliphatic hydroxyl groups is 2. The van der Waals surface area contributed by atoms with E-state index in [1.165, 1.54) is 19.3 Å². The fraction of sp³-hybridized carbons (Fsp3) is 0.789. The van der Waals surface area contributed by atoms with Gasteiger partial charge in [-0.1, -0.05) is 46.0 Å². The highest BCUT2D eigenvalue weighted by atomic mass is 16.3. The van der Waals surface area contributed by atoms with Crippen molar-refractivity contribution in [3.05, 3.63) is 11.9 Å². The first-order chi connectivity index (χ1) is 12.4. The van der Waals surface area contributed by atoms with E-state index in [1.807, 2.05) is 13.8 Å². The number of hydrogen-bond acceptors (Lipinski definition) is 5. The van der Waals surface area contributed by atoms with Crippen LogP contribution in [0, 0.1) is 11.8 Å². The van der Waals surface area contributed by atoms with Crippen molar-refractivity contribution in [2.24, 2.45) is 11.8 Å². The van der Waals surface area contributed by atoms with Gasteiger partial charge in [-0.05, 0) is 24.7 Å². The predicted octanol–water partition coefficient (Wildman–Crippen LogP) is 1.76. The highest BCUT2D eigenvalue weighted by Gasteiger charge is 2.31. The van der Waals surface area contributed by atoms with Crippen molar-refractivity contribution < 1.29 is 15.0 Å². The lowest BCUT2D eigenvalue weighted by atomic mass is 9.82. The first-order valence-corrected chi connectivity index (χ1v) is 9.82. The fourth-order valence-electron chi connectivity index (χ4n) is 3.72. The van der Waals surface area contributed by atoms with Crippen LogP contribution in [0.5, 0.6) is 0 Å². The molecule has 0 aromatic carbocycles. The highest BCUT2D eigenvalue weighted by Crippen LogP contribution is 2.29. The Bertz CT molecular complexity index is 555. The lowest BCUT2D eigenvalue weighted by Gasteiger charge is -2.33. The average Bonchev–Trinajstić information content (AvgIpc) is 3.04. The Morgan fingerprint density at radius 2 is 2.00 bits per heavy atom. The van der Waals surface area contributed by atoms with Crippen molar-refractivity contribution >= 4 is 11.9 Å². The van der Waals surface area contributed by atoms with E-state index in [4.69, 9.17) is 5.73 Å². The minimum absolute atomic E-state index is 0.0669. The first-order valence-electron chi connectivity index (χ1n) is 9.82. The van der Waals surface area contributed by atoms with Gasteiger partial charge in [0.2, 0.25) is 5.91 Å². The minimum atomic E-state index is -0.957. The summed E-state index contributed by atoms with van der Waals surface area (Å²) in [4.78, 5) is 19.3. The third kappa shape index (κ3) is 6.29. The molecular formula is C19H34N4O3. The lowest BCUT2D eigenvalue weighted by molar-refractivity contribution is -0.124. The van der Waals surface area contributed by atoms with Gasteiger partial charge in [-0.25, -0.2) is 4.98 Å². The number of anilines is 1. The SMILES string of the molecule is CC(C)[C@H](O)[C@H](O)[C@H](CC1CCCCC1)NC(=O)CCc1c[nH]c(N)n1. The van der Waals surface area contributed by atoms with E-state index in [2.05, 4.69) is 15.3 Å². The molecule has 0 aliphatic heterocycles. The maximum atomic E-state index is 12.4. The van der Waals surface area contributed by atoms with Crippen LogP contribution in [0.4, 0.5) is 5.95 Å². The molecule has 0 spiro atoms. The summed E-state index contributed by atoms with van der Waals surface area (Å²) in [7, 11) is 0. The summed E-state index contributed by atoms with van der Waals surface area (Å²) in [6.45, 7) is 3.74. The number of aryl methyl sites for hydroxylation is 1. The van der Waals surface area contributed by atoms with Crippen molar-refractivity contribution in [1.82, 2.24) is 15.3 Å². The second-order valence-electron chi connectivity index (χ2n) is 7.92. The van der Waals surface area contributed by atoms with Gasteiger partial charge in [-0.15, -0.1) is 0 Å². The van der Waals surface area contributed by atoms with Gasteiger partial charge in [-0.2, -0.15) is 0 Å². The van der Waals surface area contributed by atoms with Gasteiger partial charge in [0, 0.05) is 12.6 Å². The van der Waals surface area contributed by atoms with Crippen LogP contribution in [0.3, 0.4) is 0 Å². The van der Waals surface area contributed by atoms with Crippen molar-refractivity contribution in [3.8, 4) is 0 Å². The zero-order valence-electron chi connectivity index (χ0n) is 15.9. The molecule has 2 rings (SSSR count). The molecule has 0 unspecified atom stereocenters. The predicted molar refractivity (Wildman–Crippen MR) is 101 cm³/mol. The molecule has 26 heavy (non-hydrogen) atoms. The topological polar surface area (TPSA) is 124 Å². The Hall–Kier alpha value is -1.60. The summed E-state index contributed by atoms with van der Waals surface area (Å²) >= 11 is 0. The Morgan fingerprint density at radius 1 is 1.31 bits per heavy atom. The third-order valence-electron chi connectivity index (χ3n) is 5.36. The van der Waals surface area contributed by atoms with Crippen LogP contribution in [0.15, 0.2) is 6.20 Å². The zero-order chi connectivity index (χ0) is 19.1. The molecule has 0 bridgehead atoms. The molecule has 3 atom stereocenters. The second kappa shape index (κ2) is 9.92. The normalized spacial score (nSPS) is 19.3. The number of aromatic amines is 1. The van der Waals surface area contributed by atoms with Gasteiger partial charge in [0.25, 0.3) is 0 Å². The quantitative estimate of drug-likeness (QED) is 0.455. The monoisotopic (exact) mass is 366 g/mol. The van der Waals surface area contributed by atoms with Gasteiger partial charge in [0.05, 0.1) is 17.8 Å². The number of nitrogens with two attached hydrogens (primary N) is 1. The van der Waals surface area contributed by atoms with E-state index in [0.29, 0.717) is 24.7 Å². The molecule has 1 aromatic rings. The van der Waals surface area contributed by atoms with Crippen LogP contribution in [0.1, 0.15) is 64.5 Å². The summed E-state index contributed by atoms with van der Waals surface area (Å²) in [5.74, 6) is 0.630. The van der Waals surface area contributed by atoms with E-state index in [-0.39, 0.29) is 18.2 Å². The van der Waals surface area contributed by atoms with Gasteiger partial charge in [0.15, 0.2) is 5.95 Å². The first kappa shape index (κ1) is 20.7. The molecule has 1 amide bonds.